The fourth-order valence-electron chi connectivity index (χ4n) is 5.46. The number of benzene rings is 1. The van der Waals surface area contributed by atoms with Gasteiger partial charge in [-0.15, -0.1) is 0 Å². The molecule has 1 amide bonds. The maximum absolute atomic E-state index is 13.8. The molecule has 4 saturated carbocycles. The van der Waals surface area contributed by atoms with Gasteiger partial charge in [0.05, 0.1) is 6.42 Å². The Morgan fingerprint density at radius 1 is 1.18 bits per heavy atom. The van der Waals surface area contributed by atoms with Gasteiger partial charge in [0, 0.05) is 10.0 Å². The van der Waals surface area contributed by atoms with Crippen LogP contribution in [0.25, 0.3) is 0 Å². The van der Waals surface area contributed by atoms with Crippen LogP contribution in [-0.4, -0.2) is 11.4 Å². The van der Waals surface area contributed by atoms with Crippen LogP contribution in [0.5, 0.6) is 0 Å². The van der Waals surface area contributed by atoms with Gasteiger partial charge in [0.1, 0.15) is 5.82 Å². The number of halogens is 2. The van der Waals surface area contributed by atoms with E-state index in [9.17, 15) is 9.18 Å². The van der Waals surface area contributed by atoms with Crippen LogP contribution < -0.4 is 5.32 Å². The molecule has 2 nitrogen and oxygen atoms in total. The number of nitrogens with one attached hydrogen (secondary N) is 1. The van der Waals surface area contributed by atoms with E-state index in [0.717, 1.165) is 41.5 Å². The van der Waals surface area contributed by atoms with E-state index in [-0.39, 0.29) is 23.7 Å². The van der Waals surface area contributed by atoms with Crippen molar-refractivity contribution in [3.05, 3.63) is 34.1 Å². The molecular formula is C18H21BrFNO. The Bertz CT molecular complexity index is 580. The van der Waals surface area contributed by atoms with E-state index >= 15 is 0 Å². The Hall–Kier alpha value is -0.900. The molecule has 1 N–H and O–H groups in total. The second-order valence-electron chi connectivity index (χ2n) is 7.66. The third-order valence-corrected chi connectivity index (χ3v) is 6.29. The minimum absolute atomic E-state index is 0.00826. The second kappa shape index (κ2) is 5.33. The fourth-order valence-corrected chi connectivity index (χ4v) is 5.86. The standard InChI is InChI=1S/C18H21BrFNO/c19-15-1-2-16(20)14(6-15)7-17(22)21-18-8-11-3-12(9-18)5-13(4-11)10-18/h1-2,6,11-13H,3-5,7-10H2,(H,21,22). The first-order valence-electron chi connectivity index (χ1n) is 8.26. The van der Waals surface area contributed by atoms with E-state index in [1.807, 2.05) is 0 Å². The van der Waals surface area contributed by atoms with Crippen molar-refractivity contribution < 1.29 is 9.18 Å². The van der Waals surface area contributed by atoms with Crippen molar-refractivity contribution in [1.82, 2.24) is 5.32 Å². The van der Waals surface area contributed by atoms with E-state index in [2.05, 4.69) is 21.2 Å². The van der Waals surface area contributed by atoms with E-state index in [4.69, 9.17) is 0 Å². The molecule has 118 valence electrons. The molecule has 5 rings (SSSR count). The zero-order valence-corrected chi connectivity index (χ0v) is 14.2. The molecule has 0 radical (unpaired) electrons. The Kier molecular flexibility index (Phi) is 3.55. The molecule has 4 heteroatoms. The summed E-state index contributed by atoms with van der Waals surface area (Å²) in [6.07, 6.45) is 7.59. The molecule has 0 aromatic heterocycles. The average Bonchev–Trinajstić information content (AvgIpc) is 2.40. The number of hydrogen-bond donors (Lipinski definition) is 1. The second-order valence-corrected chi connectivity index (χ2v) is 8.57. The molecule has 0 spiro atoms. The molecule has 0 atom stereocenters. The predicted octanol–water partition coefficient (Wildman–Crippen LogP) is 4.22. The summed E-state index contributed by atoms with van der Waals surface area (Å²) in [4.78, 5) is 12.5. The fraction of sp³-hybridized carbons (Fsp3) is 0.611. The van der Waals surface area contributed by atoms with E-state index in [0.29, 0.717) is 5.56 Å². The topological polar surface area (TPSA) is 29.1 Å². The average molecular weight is 366 g/mol. The summed E-state index contributed by atoms with van der Waals surface area (Å²) in [6, 6.07) is 4.78. The Morgan fingerprint density at radius 2 is 1.77 bits per heavy atom. The van der Waals surface area contributed by atoms with E-state index in [1.165, 1.54) is 25.3 Å². The van der Waals surface area contributed by atoms with Crippen LogP contribution in [0.1, 0.15) is 44.1 Å². The summed E-state index contributed by atoms with van der Waals surface area (Å²) in [5, 5.41) is 3.30. The van der Waals surface area contributed by atoms with Crippen LogP contribution in [0.2, 0.25) is 0 Å². The lowest BCUT2D eigenvalue weighted by Gasteiger charge is -2.56. The smallest absolute Gasteiger partial charge is 0.224 e. The van der Waals surface area contributed by atoms with Crippen molar-refractivity contribution in [2.24, 2.45) is 17.8 Å². The van der Waals surface area contributed by atoms with Crippen LogP contribution in [0, 0.1) is 23.6 Å². The summed E-state index contributed by atoms with van der Waals surface area (Å²) < 4.78 is 14.6. The third-order valence-electron chi connectivity index (χ3n) is 5.80. The third kappa shape index (κ3) is 2.70. The monoisotopic (exact) mass is 365 g/mol. The van der Waals surface area contributed by atoms with Crippen LogP contribution in [0.4, 0.5) is 4.39 Å². The van der Waals surface area contributed by atoms with Gasteiger partial charge in [0.25, 0.3) is 0 Å². The van der Waals surface area contributed by atoms with Crippen LogP contribution >= 0.6 is 15.9 Å². The summed E-state index contributed by atoms with van der Waals surface area (Å²) in [5.41, 5.74) is 0.477. The zero-order valence-electron chi connectivity index (χ0n) is 12.6. The van der Waals surface area contributed by atoms with Crippen molar-refractivity contribution >= 4 is 21.8 Å². The minimum Gasteiger partial charge on any atom is -0.350 e. The molecule has 4 bridgehead atoms. The highest BCUT2D eigenvalue weighted by Crippen LogP contribution is 2.55. The van der Waals surface area contributed by atoms with E-state index < -0.39 is 0 Å². The normalized spacial score (nSPS) is 35.6. The van der Waals surface area contributed by atoms with Crippen molar-refractivity contribution in [3.63, 3.8) is 0 Å². The lowest BCUT2D eigenvalue weighted by atomic mass is 9.53. The molecule has 22 heavy (non-hydrogen) atoms. The van der Waals surface area contributed by atoms with Crippen molar-refractivity contribution in [2.45, 2.75) is 50.5 Å². The van der Waals surface area contributed by atoms with Crippen molar-refractivity contribution in [3.8, 4) is 0 Å². The quantitative estimate of drug-likeness (QED) is 0.853. The number of carbonyl (C=O) groups excluding carboxylic acids is 1. The van der Waals surface area contributed by atoms with Crippen LogP contribution in [0.15, 0.2) is 22.7 Å². The molecule has 4 aliphatic carbocycles. The van der Waals surface area contributed by atoms with Gasteiger partial charge in [0.15, 0.2) is 0 Å². The molecule has 0 heterocycles. The van der Waals surface area contributed by atoms with Gasteiger partial charge in [-0.2, -0.15) is 0 Å². The summed E-state index contributed by atoms with van der Waals surface area (Å²) >= 11 is 3.34. The van der Waals surface area contributed by atoms with Gasteiger partial charge < -0.3 is 5.32 Å². The predicted molar refractivity (Wildman–Crippen MR) is 86.8 cm³/mol. The lowest BCUT2D eigenvalue weighted by molar-refractivity contribution is -0.126. The molecule has 4 aliphatic rings. The molecular weight excluding hydrogens is 345 g/mol. The molecule has 1 aromatic carbocycles. The summed E-state index contributed by atoms with van der Waals surface area (Å²) in [6.45, 7) is 0. The number of rotatable bonds is 3. The van der Waals surface area contributed by atoms with Gasteiger partial charge in [-0.3, -0.25) is 4.79 Å². The molecule has 0 unspecified atom stereocenters. The van der Waals surface area contributed by atoms with Gasteiger partial charge in [-0.25, -0.2) is 4.39 Å². The lowest BCUT2D eigenvalue weighted by Crippen LogP contribution is -2.60. The highest BCUT2D eigenvalue weighted by atomic mass is 79.9. The van der Waals surface area contributed by atoms with Crippen molar-refractivity contribution in [1.29, 1.82) is 0 Å². The number of amides is 1. The van der Waals surface area contributed by atoms with Crippen LogP contribution in [0.3, 0.4) is 0 Å². The number of carbonyl (C=O) groups is 1. The first kappa shape index (κ1) is 14.7. The Labute approximate surface area is 139 Å². The minimum atomic E-state index is -0.302. The molecule has 0 aliphatic heterocycles. The maximum atomic E-state index is 13.8. The molecule has 0 saturated heterocycles. The van der Waals surface area contributed by atoms with Gasteiger partial charge >= 0.3 is 0 Å². The summed E-state index contributed by atoms with van der Waals surface area (Å²) in [5.74, 6) is 2.07. The maximum Gasteiger partial charge on any atom is 0.224 e. The number of hydrogen-bond acceptors (Lipinski definition) is 1. The van der Waals surface area contributed by atoms with Crippen molar-refractivity contribution in [2.75, 3.05) is 0 Å². The van der Waals surface area contributed by atoms with Crippen LogP contribution in [-0.2, 0) is 11.2 Å². The van der Waals surface area contributed by atoms with E-state index in [1.54, 1.807) is 12.1 Å². The highest BCUT2D eigenvalue weighted by Gasteiger charge is 2.51. The molecule has 1 aromatic rings. The van der Waals surface area contributed by atoms with Gasteiger partial charge in [0.2, 0.25) is 5.91 Å². The SMILES string of the molecule is O=C(Cc1cc(Br)ccc1F)NC12CC3CC(CC(C3)C1)C2. The largest absolute Gasteiger partial charge is 0.350 e. The highest BCUT2D eigenvalue weighted by molar-refractivity contribution is 9.10. The summed E-state index contributed by atoms with van der Waals surface area (Å²) in [7, 11) is 0. The Morgan fingerprint density at radius 3 is 2.36 bits per heavy atom. The first-order chi connectivity index (χ1) is 10.5. The van der Waals surface area contributed by atoms with Gasteiger partial charge in [-0.05, 0) is 80.0 Å². The molecule has 4 fully saturated rings. The first-order valence-corrected chi connectivity index (χ1v) is 9.06. The Balaban J connectivity index is 1.47. The zero-order chi connectivity index (χ0) is 15.3. The van der Waals surface area contributed by atoms with Gasteiger partial charge in [-0.1, -0.05) is 15.9 Å².